The summed E-state index contributed by atoms with van der Waals surface area (Å²) in [6.07, 6.45) is 1.80. The van der Waals surface area contributed by atoms with Crippen LogP contribution in [0, 0.1) is 5.92 Å². The minimum Gasteiger partial charge on any atom is -0.497 e. The summed E-state index contributed by atoms with van der Waals surface area (Å²) in [7, 11) is 3.18. The molecule has 180 valence electrons. The summed E-state index contributed by atoms with van der Waals surface area (Å²) in [5.41, 5.74) is 3.17. The number of fused-ring (bicyclic) bond motifs is 1. The molecule has 6 nitrogen and oxygen atoms in total. The number of ether oxygens (including phenoxy) is 3. The van der Waals surface area contributed by atoms with Crippen LogP contribution in [0.2, 0.25) is 0 Å². The van der Waals surface area contributed by atoms with E-state index in [1.54, 1.807) is 38.5 Å². The number of hydrogen-bond acceptors (Lipinski definition) is 5. The van der Waals surface area contributed by atoms with Crippen molar-refractivity contribution in [2.24, 2.45) is 5.92 Å². The molecular weight excluding hydrogens is 442 g/mol. The molecule has 0 bridgehead atoms. The predicted molar refractivity (Wildman–Crippen MR) is 136 cm³/mol. The Hall–Kier alpha value is -4.06. The molecule has 0 aromatic heterocycles. The van der Waals surface area contributed by atoms with E-state index < -0.39 is 0 Å². The van der Waals surface area contributed by atoms with Gasteiger partial charge in [-0.1, -0.05) is 50.2 Å². The van der Waals surface area contributed by atoms with Gasteiger partial charge in [0.15, 0.2) is 11.5 Å². The van der Waals surface area contributed by atoms with Crippen LogP contribution in [0.1, 0.15) is 40.9 Å². The lowest BCUT2D eigenvalue weighted by atomic mass is 9.91. The van der Waals surface area contributed by atoms with Crippen LogP contribution in [0.5, 0.6) is 17.2 Å². The third-order valence-corrected chi connectivity index (χ3v) is 5.74. The molecule has 1 aliphatic heterocycles. The van der Waals surface area contributed by atoms with E-state index in [-0.39, 0.29) is 18.4 Å². The van der Waals surface area contributed by atoms with Gasteiger partial charge in [0.05, 0.1) is 27.4 Å². The summed E-state index contributed by atoms with van der Waals surface area (Å²) >= 11 is 0. The van der Waals surface area contributed by atoms with E-state index >= 15 is 0 Å². The molecule has 0 saturated carbocycles. The average molecular weight is 472 g/mol. The third kappa shape index (κ3) is 5.22. The molecule has 0 unspecified atom stereocenters. The fraction of sp³-hybridized carbons (Fsp3) is 0.241. The van der Waals surface area contributed by atoms with Gasteiger partial charge in [-0.25, -0.2) is 0 Å². The third-order valence-electron chi connectivity index (χ3n) is 5.74. The summed E-state index contributed by atoms with van der Waals surface area (Å²) in [5.74, 6) is 1.67. The van der Waals surface area contributed by atoms with Crippen LogP contribution in [0.3, 0.4) is 0 Å². The average Bonchev–Trinajstić information content (AvgIpc) is 2.88. The monoisotopic (exact) mass is 471 g/mol. The molecule has 0 atom stereocenters. The first-order valence-electron chi connectivity index (χ1n) is 11.5. The number of amides is 2. The molecule has 0 spiro atoms. The second kappa shape index (κ2) is 10.5. The van der Waals surface area contributed by atoms with Crippen LogP contribution in [0.15, 0.2) is 66.7 Å². The van der Waals surface area contributed by atoms with E-state index in [0.29, 0.717) is 46.5 Å². The lowest BCUT2D eigenvalue weighted by Gasteiger charge is -2.29. The van der Waals surface area contributed by atoms with Crippen molar-refractivity contribution in [3.63, 3.8) is 0 Å². The van der Waals surface area contributed by atoms with Crippen LogP contribution in [0.25, 0.3) is 11.6 Å². The van der Waals surface area contributed by atoms with Crippen LogP contribution < -0.4 is 14.2 Å². The number of carbonyl (C=O) groups is 2. The number of rotatable bonds is 8. The number of hydrogen-bond donors (Lipinski definition) is 0. The zero-order valence-electron chi connectivity index (χ0n) is 20.4. The predicted octanol–water partition coefficient (Wildman–Crippen LogP) is 5.46. The Bertz CT molecular complexity index is 1260. The highest BCUT2D eigenvalue weighted by atomic mass is 16.5. The van der Waals surface area contributed by atoms with Gasteiger partial charge in [0, 0.05) is 11.1 Å². The minimum atomic E-state index is -0.344. The maximum atomic E-state index is 13.6. The number of benzene rings is 3. The Morgan fingerprint density at radius 3 is 2.20 bits per heavy atom. The first kappa shape index (κ1) is 24.1. The van der Waals surface area contributed by atoms with Crippen molar-refractivity contribution in [3.05, 3.63) is 89.0 Å². The van der Waals surface area contributed by atoms with Crippen LogP contribution in [-0.4, -0.2) is 37.5 Å². The van der Waals surface area contributed by atoms with E-state index in [1.807, 2.05) is 48.5 Å². The Morgan fingerprint density at radius 1 is 0.829 bits per heavy atom. The second-order valence-corrected chi connectivity index (χ2v) is 8.76. The van der Waals surface area contributed by atoms with Gasteiger partial charge < -0.3 is 14.2 Å². The molecule has 0 radical (unpaired) electrons. The summed E-state index contributed by atoms with van der Waals surface area (Å²) < 4.78 is 16.6. The van der Waals surface area contributed by atoms with Crippen LogP contribution in [0.4, 0.5) is 0 Å². The summed E-state index contributed by atoms with van der Waals surface area (Å²) in [5, 5.41) is 0. The van der Waals surface area contributed by atoms with Crippen molar-refractivity contribution < 1.29 is 23.8 Å². The molecule has 0 saturated heterocycles. The summed E-state index contributed by atoms with van der Waals surface area (Å²) in [6.45, 7) is 4.90. The van der Waals surface area contributed by atoms with Crippen molar-refractivity contribution in [1.82, 2.24) is 4.90 Å². The van der Waals surface area contributed by atoms with Gasteiger partial charge in [-0.2, -0.15) is 0 Å². The highest BCUT2D eigenvalue weighted by molar-refractivity contribution is 6.33. The highest BCUT2D eigenvalue weighted by Crippen LogP contribution is 2.34. The van der Waals surface area contributed by atoms with Gasteiger partial charge in [0.25, 0.3) is 11.8 Å². The van der Waals surface area contributed by atoms with Gasteiger partial charge in [-0.3, -0.25) is 14.5 Å². The lowest BCUT2D eigenvalue weighted by molar-refractivity contribution is -0.123. The van der Waals surface area contributed by atoms with E-state index in [1.165, 1.54) is 4.90 Å². The zero-order valence-corrected chi connectivity index (χ0v) is 20.4. The van der Waals surface area contributed by atoms with Crippen molar-refractivity contribution in [3.8, 4) is 17.2 Å². The molecular formula is C29H29NO5. The fourth-order valence-corrected chi connectivity index (χ4v) is 3.92. The van der Waals surface area contributed by atoms with Gasteiger partial charge in [0.2, 0.25) is 0 Å². The second-order valence-electron chi connectivity index (χ2n) is 8.76. The molecule has 0 fully saturated rings. The molecule has 1 aliphatic rings. The Kier molecular flexibility index (Phi) is 7.20. The van der Waals surface area contributed by atoms with Gasteiger partial charge in [-0.15, -0.1) is 0 Å². The summed E-state index contributed by atoms with van der Waals surface area (Å²) in [6, 6.07) is 20.1. The number of methoxy groups -OCH3 is 2. The van der Waals surface area contributed by atoms with E-state index in [4.69, 9.17) is 14.2 Å². The number of imide groups is 1. The highest BCUT2D eigenvalue weighted by Gasteiger charge is 2.34. The van der Waals surface area contributed by atoms with Crippen molar-refractivity contribution in [2.75, 3.05) is 20.8 Å². The van der Waals surface area contributed by atoms with Crippen molar-refractivity contribution in [1.29, 1.82) is 0 Å². The lowest BCUT2D eigenvalue weighted by Crippen LogP contribution is -2.41. The van der Waals surface area contributed by atoms with Crippen molar-refractivity contribution >= 4 is 23.5 Å². The van der Waals surface area contributed by atoms with Crippen LogP contribution >= 0.6 is 0 Å². The molecule has 4 rings (SSSR count). The Labute approximate surface area is 205 Å². The normalized spacial score (nSPS) is 14.3. The zero-order chi connectivity index (χ0) is 24.9. The quantitative estimate of drug-likeness (QED) is 0.322. The van der Waals surface area contributed by atoms with Crippen molar-refractivity contribution in [2.45, 2.75) is 20.4 Å². The SMILES string of the molecule is COc1ccc(CN2C(=O)C(=Cc3ccc(OCC(C)C)c(OC)c3)c3ccccc3C2=O)cc1. The summed E-state index contributed by atoms with van der Waals surface area (Å²) in [4.78, 5) is 28.1. The van der Waals surface area contributed by atoms with E-state index in [9.17, 15) is 9.59 Å². The molecule has 6 heteroatoms. The largest absolute Gasteiger partial charge is 0.497 e. The van der Waals surface area contributed by atoms with E-state index in [2.05, 4.69) is 13.8 Å². The van der Waals surface area contributed by atoms with Crippen LogP contribution in [-0.2, 0) is 11.3 Å². The Balaban J connectivity index is 1.70. The first-order valence-corrected chi connectivity index (χ1v) is 11.5. The van der Waals surface area contributed by atoms with Gasteiger partial charge in [-0.05, 0) is 59.0 Å². The molecule has 0 N–H and O–H groups in total. The molecule has 0 aliphatic carbocycles. The smallest absolute Gasteiger partial charge is 0.261 e. The molecule has 3 aromatic carbocycles. The number of carbonyl (C=O) groups excluding carboxylic acids is 2. The maximum Gasteiger partial charge on any atom is 0.261 e. The molecule has 2 amide bonds. The standard InChI is InChI=1S/C29H29NO5/c1-19(2)18-35-26-14-11-21(16-27(26)34-4)15-25-23-7-5-6-8-24(23)28(31)30(29(25)32)17-20-9-12-22(33-3)13-10-20/h5-16,19H,17-18H2,1-4H3. The first-order chi connectivity index (χ1) is 16.9. The molecule has 1 heterocycles. The number of nitrogens with zero attached hydrogens (tertiary/aromatic N) is 1. The fourth-order valence-electron chi connectivity index (χ4n) is 3.92. The topological polar surface area (TPSA) is 65.1 Å². The Morgan fingerprint density at radius 2 is 1.54 bits per heavy atom. The molecule has 35 heavy (non-hydrogen) atoms. The molecule has 3 aromatic rings. The maximum absolute atomic E-state index is 13.6. The van der Waals surface area contributed by atoms with Gasteiger partial charge >= 0.3 is 0 Å². The minimum absolute atomic E-state index is 0.165. The van der Waals surface area contributed by atoms with Gasteiger partial charge in [0.1, 0.15) is 5.75 Å². The van der Waals surface area contributed by atoms with E-state index in [0.717, 1.165) is 11.1 Å².